The Kier molecular flexibility index (Phi) is 27.3. The van der Waals surface area contributed by atoms with Gasteiger partial charge >= 0.3 is 54.6 Å². The van der Waals surface area contributed by atoms with E-state index in [1.54, 1.807) is 82.7 Å². The van der Waals surface area contributed by atoms with E-state index in [1.165, 1.54) is 12.9 Å². The third kappa shape index (κ3) is 18.3. The maximum Gasteiger partial charge on any atom is 1.00 e. The van der Waals surface area contributed by atoms with Crippen LogP contribution in [0.15, 0.2) is 128 Å². The van der Waals surface area contributed by atoms with Crippen LogP contribution in [0.5, 0.6) is 17.2 Å². The van der Waals surface area contributed by atoms with Crippen molar-refractivity contribution in [1.29, 1.82) is 0 Å². The van der Waals surface area contributed by atoms with E-state index in [4.69, 9.17) is 74.5 Å². The average molecular weight is 1600 g/mol. The Hall–Kier alpha value is -9.30. The number of aryl methyl sites for hydroxylation is 5. The molecule has 3 aliphatic heterocycles. The second-order valence-electron chi connectivity index (χ2n) is 31.5. The number of aliphatic carboxylic acids is 1. The summed E-state index contributed by atoms with van der Waals surface area (Å²) in [5.41, 5.74) is 12.8. The van der Waals surface area contributed by atoms with Gasteiger partial charge in [0.15, 0.2) is 18.3 Å². The summed E-state index contributed by atoms with van der Waals surface area (Å²) in [5.74, 6) is -0.913. The molecule has 6 heterocycles. The molecule has 18 nitrogen and oxygen atoms in total. The molecule has 3 atom stereocenters. The Labute approximate surface area is 694 Å². The van der Waals surface area contributed by atoms with E-state index in [-0.39, 0.29) is 64.9 Å². The number of pyridine rings is 3. The second-order valence-corrected chi connectivity index (χ2v) is 31.9. The number of fused-ring (bicyclic) bond motifs is 3. The number of nitrogens with zero attached hydrogens (tertiary/aromatic N) is 3. The van der Waals surface area contributed by atoms with Gasteiger partial charge in [-0.15, -0.1) is 0 Å². The number of carbonyl (C=O) groups is 3. The summed E-state index contributed by atoms with van der Waals surface area (Å²) < 4.78 is 93.7. The largest absolute Gasteiger partial charge is 1.00 e. The number of aromatic nitrogens is 3. The molecule has 3 aromatic heterocycles. The number of rotatable bonds is 14. The van der Waals surface area contributed by atoms with Crippen molar-refractivity contribution < 1.29 is 116 Å². The number of halogens is 4. The molecule has 9 aromatic carbocycles. The van der Waals surface area contributed by atoms with Gasteiger partial charge in [0.1, 0.15) is 34.7 Å². The Morgan fingerprint density at radius 2 is 0.757 bits per heavy atom. The van der Waals surface area contributed by atoms with Gasteiger partial charge in [0, 0.05) is 104 Å². The fourth-order valence-corrected chi connectivity index (χ4v) is 15.5. The van der Waals surface area contributed by atoms with Crippen molar-refractivity contribution in [2.75, 3.05) is 33.0 Å². The first-order valence-electron chi connectivity index (χ1n) is 37.9. The van der Waals surface area contributed by atoms with Crippen LogP contribution in [0.2, 0.25) is 11.8 Å². The first kappa shape index (κ1) is 88.1. The van der Waals surface area contributed by atoms with Gasteiger partial charge in [0.25, 0.3) is 0 Å². The zero-order valence-corrected chi connectivity index (χ0v) is 71.0. The van der Waals surface area contributed by atoms with Crippen molar-refractivity contribution in [3.63, 3.8) is 0 Å². The number of esters is 2. The van der Waals surface area contributed by atoms with E-state index in [9.17, 15) is 19.5 Å². The molecule has 596 valence electrons. The Bertz CT molecular complexity index is 5500. The molecule has 0 spiro atoms. The van der Waals surface area contributed by atoms with Crippen molar-refractivity contribution in [2.24, 2.45) is 0 Å². The van der Waals surface area contributed by atoms with Crippen LogP contribution in [0.1, 0.15) is 156 Å². The van der Waals surface area contributed by atoms with Gasteiger partial charge in [0.2, 0.25) is 0 Å². The van der Waals surface area contributed by atoms with Crippen molar-refractivity contribution >= 4 is 102 Å². The van der Waals surface area contributed by atoms with Crippen molar-refractivity contribution in [3.8, 4) is 50.6 Å². The molecule has 12 aromatic rings. The minimum absolute atomic E-state index is 0. The molecule has 115 heavy (non-hydrogen) atoms. The smallest absolute Gasteiger partial charge is 0.870 e. The van der Waals surface area contributed by atoms with Crippen molar-refractivity contribution in [3.05, 3.63) is 211 Å². The minimum Gasteiger partial charge on any atom is -0.870 e. The van der Waals surface area contributed by atoms with Crippen molar-refractivity contribution in [1.82, 2.24) is 15.0 Å². The minimum atomic E-state index is -1.25. The Balaban J connectivity index is 0.000000177. The zero-order chi connectivity index (χ0) is 81.6. The predicted octanol–water partition coefficient (Wildman–Crippen LogP) is 17.3. The fraction of sp³-hybridized carbons (Fsp3) is 0.341. The molecule has 0 aliphatic carbocycles. The monoisotopic (exact) mass is 1600 g/mol. The number of benzene rings is 9. The number of hydrogen-bond acceptors (Lipinski definition) is 17. The molecule has 3 aliphatic rings. The SMILES string of the molecule is CB(O)O.CCOC(=O)[C@@H](OC(C)(C)C)c1c(C)cc2c(F)c(C)ccc2c1-c1ccc2c3c(ccnc13)CCO2.CCOC(=O)[C@@H](OC(C)(C)C)c1c(C)cc2c(F)c(Cl)ccc2c1-c1ccc2c3c(ccnc13)CCO2.Cc1cc2c(F)c(C)ccc2c(-c2ccc3c4c(ccnc24)CCO3)c1[C@H](OC(C)(C)C)C(=O)O.[Na+].[OH-]. The summed E-state index contributed by atoms with van der Waals surface area (Å²) in [4.78, 5) is 53.5. The molecule has 0 saturated carbocycles. The van der Waals surface area contributed by atoms with Gasteiger partial charge in [-0.3, -0.25) is 15.0 Å². The molecule has 0 unspecified atom stereocenters. The first-order valence-corrected chi connectivity index (χ1v) is 38.3. The van der Waals surface area contributed by atoms with Gasteiger partial charge in [-0.2, -0.15) is 0 Å². The molecule has 0 saturated heterocycles. The molecule has 0 bridgehead atoms. The molecule has 0 amide bonds. The third-order valence-corrected chi connectivity index (χ3v) is 20.1. The molecular formula is C91H95BClF3N3NaO15. The summed E-state index contributed by atoms with van der Waals surface area (Å²) in [6, 6.07) is 33.3. The van der Waals surface area contributed by atoms with E-state index >= 15 is 13.2 Å². The Morgan fingerprint density at radius 1 is 0.461 bits per heavy atom. The van der Waals surface area contributed by atoms with E-state index in [0.717, 1.165) is 108 Å². The molecule has 4 N–H and O–H groups in total. The van der Waals surface area contributed by atoms with Gasteiger partial charge in [-0.05, 0) is 274 Å². The quantitative estimate of drug-likeness (QED) is 0.0675. The van der Waals surface area contributed by atoms with Gasteiger partial charge in [0.05, 0.1) is 71.4 Å². The van der Waals surface area contributed by atoms with Crippen LogP contribution in [0.25, 0.3) is 98.4 Å². The van der Waals surface area contributed by atoms with Gasteiger partial charge in [-0.1, -0.05) is 41.9 Å². The maximum atomic E-state index is 15.5. The number of carboxylic acids is 1. The maximum absolute atomic E-state index is 15.5. The van der Waals surface area contributed by atoms with Crippen LogP contribution in [0.4, 0.5) is 13.2 Å². The van der Waals surface area contributed by atoms with Crippen LogP contribution >= 0.6 is 11.6 Å². The van der Waals surface area contributed by atoms with Gasteiger partial charge in [-0.25, -0.2) is 27.6 Å². The summed E-state index contributed by atoms with van der Waals surface area (Å²) in [7, 11) is -1.17. The molecule has 15 rings (SSSR count). The third-order valence-electron chi connectivity index (χ3n) is 19.8. The summed E-state index contributed by atoms with van der Waals surface area (Å²) in [6.45, 7) is 32.9. The normalized spacial score (nSPS) is 13.6. The van der Waals surface area contributed by atoms with E-state index in [2.05, 4.69) is 0 Å². The molecule has 0 radical (unpaired) electrons. The average Bonchev–Trinajstić information content (AvgIpc) is 0.738. The fourth-order valence-electron chi connectivity index (χ4n) is 15.3. The molecule has 0 fully saturated rings. The number of carbonyl (C=O) groups excluding carboxylic acids is 2. The zero-order valence-electron chi connectivity index (χ0n) is 68.2. The van der Waals surface area contributed by atoms with Crippen molar-refractivity contribution in [2.45, 2.75) is 172 Å². The van der Waals surface area contributed by atoms with E-state index in [1.807, 2.05) is 150 Å². The summed E-state index contributed by atoms with van der Waals surface area (Å²) in [6.07, 6.45) is 4.34. The standard InChI is InChI=1S/C31H32FNO4.C30H29ClFNO4.C29H28FNO4.CH5BO2.Na.H2O/c1-7-35-30(34)29(37-31(4,5)6)24-18(3)16-22-20(9-8-17(2)27(22)32)26(24)21-10-11-23-25-19(13-15-36-23)12-14-33-28(21)25;1-6-35-29(34)28(37-30(3,4)5)23-16(2)15-20-18(7-9-21(31)26(20)32)25(23)19-8-10-22-24-17(12-14-36-22)11-13-33-27(19)24;1-15-6-7-18-20(25(15)30)14-16(2)22(27(28(32)33)35-29(3,4)5)24(18)19-8-9-21-23-17(11-13-34-21)10-12-31-26(19)23;1-2(3)4;;/h8-12,14,16,29H,7,13,15H2,1-6H3;7-11,13,15,28H,6,12,14H2,1-5H3;6-10,12,14,27H,11,13H2,1-5H3,(H,32,33);3-4H,1H3;;1H2/q;;;;+1;/p-1/t29-;28-;27-;;;/m000.../s1. The van der Waals surface area contributed by atoms with Gasteiger partial charge < -0.3 is 58.5 Å². The Morgan fingerprint density at radius 3 is 1.06 bits per heavy atom. The van der Waals surface area contributed by atoms with E-state index in [0.29, 0.717) is 108 Å². The van der Waals surface area contributed by atoms with Crippen LogP contribution < -0.4 is 43.8 Å². The molecular weight excluding hydrogens is 1500 g/mol. The molecule has 24 heteroatoms. The van der Waals surface area contributed by atoms with Crippen LogP contribution in [-0.2, 0) is 57.3 Å². The first-order chi connectivity index (χ1) is 53.5. The van der Waals surface area contributed by atoms with Crippen LogP contribution in [0, 0.1) is 52.1 Å². The number of ether oxygens (including phenoxy) is 8. The number of carboxylic acid groups (broad SMARTS) is 1. The van der Waals surface area contributed by atoms with Crippen LogP contribution in [-0.4, -0.2) is 110 Å². The van der Waals surface area contributed by atoms with E-state index < -0.39 is 66.0 Å². The number of hydrogen-bond donors (Lipinski definition) is 3. The summed E-state index contributed by atoms with van der Waals surface area (Å²) >= 11 is 6.18. The topological polar surface area (TPSA) is 254 Å². The van der Waals surface area contributed by atoms with Crippen LogP contribution in [0.3, 0.4) is 0 Å². The second kappa shape index (κ2) is 35.7. The predicted molar refractivity (Wildman–Crippen MR) is 440 cm³/mol. The summed E-state index contributed by atoms with van der Waals surface area (Å²) in [5, 5.41) is 31.5.